The van der Waals surface area contributed by atoms with Crippen LogP contribution in [0.25, 0.3) is 0 Å². The zero-order chi connectivity index (χ0) is 9.84. The first kappa shape index (κ1) is 9.97. The molecule has 0 bridgehead atoms. The monoisotopic (exact) mass is 175 g/mol. The smallest absolute Gasteiger partial charge is 0.0355 e. The van der Waals surface area contributed by atoms with E-state index in [1.54, 1.807) is 0 Å². The van der Waals surface area contributed by atoms with E-state index in [9.17, 15) is 0 Å². The molecular weight excluding hydrogens is 158 g/mol. The molecule has 70 valence electrons. The van der Waals surface area contributed by atoms with E-state index < -0.39 is 0 Å². The highest BCUT2D eigenvalue weighted by atomic mass is 14.4. The summed E-state index contributed by atoms with van der Waals surface area (Å²) in [4.78, 5) is 0. The molecule has 1 N–H and O–H groups in total. The summed E-state index contributed by atoms with van der Waals surface area (Å²) in [6.07, 6.45) is 1.12. The Morgan fingerprint density at radius 3 is 2.15 bits per heavy atom. The van der Waals surface area contributed by atoms with E-state index in [2.05, 4.69) is 26.0 Å². The third-order valence-electron chi connectivity index (χ3n) is 2.03. The summed E-state index contributed by atoms with van der Waals surface area (Å²) in [5, 5.41) is 7.45. The molecule has 0 radical (unpaired) electrons. The van der Waals surface area contributed by atoms with E-state index in [1.807, 2.05) is 19.1 Å². The van der Waals surface area contributed by atoms with Crippen LogP contribution in [0.2, 0.25) is 0 Å². The fourth-order valence-corrected chi connectivity index (χ4v) is 1.36. The normalized spacial score (nSPS) is 10.5. The lowest BCUT2D eigenvalue weighted by Gasteiger charge is -2.05. The molecule has 1 rings (SSSR count). The van der Waals surface area contributed by atoms with Crippen LogP contribution in [0.4, 0.5) is 0 Å². The molecule has 13 heavy (non-hydrogen) atoms. The van der Waals surface area contributed by atoms with Crippen molar-refractivity contribution in [3.8, 4) is 0 Å². The van der Waals surface area contributed by atoms with Crippen molar-refractivity contribution >= 4 is 5.71 Å². The van der Waals surface area contributed by atoms with Crippen LogP contribution in [0.15, 0.2) is 24.3 Å². The molecule has 0 heterocycles. The van der Waals surface area contributed by atoms with Gasteiger partial charge in [-0.3, -0.25) is 0 Å². The average molecular weight is 175 g/mol. The van der Waals surface area contributed by atoms with Gasteiger partial charge in [0.1, 0.15) is 0 Å². The Balaban J connectivity index is 2.75. The average Bonchev–Trinajstić information content (AvgIpc) is 2.04. The van der Waals surface area contributed by atoms with Crippen molar-refractivity contribution in [1.29, 1.82) is 5.41 Å². The predicted octanol–water partition coefficient (Wildman–Crippen LogP) is 3.27. The van der Waals surface area contributed by atoms with Crippen molar-refractivity contribution in [2.75, 3.05) is 0 Å². The molecule has 0 spiro atoms. The zero-order valence-corrected chi connectivity index (χ0v) is 8.59. The molecule has 0 aliphatic heterocycles. The molecule has 0 aliphatic rings. The SMILES string of the molecule is CC(=N)c1ccc(CC(C)C)cc1. The third kappa shape index (κ3) is 3.02. The van der Waals surface area contributed by atoms with E-state index in [4.69, 9.17) is 5.41 Å². The second-order valence-electron chi connectivity index (χ2n) is 3.92. The predicted molar refractivity (Wildman–Crippen MR) is 57.5 cm³/mol. The summed E-state index contributed by atoms with van der Waals surface area (Å²) in [5.74, 6) is 0.701. The maximum Gasteiger partial charge on any atom is 0.0355 e. The molecule has 0 unspecified atom stereocenters. The van der Waals surface area contributed by atoms with Crippen LogP contribution in [0.3, 0.4) is 0 Å². The van der Waals surface area contributed by atoms with Gasteiger partial charge in [0.05, 0.1) is 0 Å². The van der Waals surface area contributed by atoms with Crippen LogP contribution >= 0.6 is 0 Å². The largest absolute Gasteiger partial charge is 0.305 e. The van der Waals surface area contributed by atoms with Crippen LogP contribution in [-0.4, -0.2) is 5.71 Å². The molecule has 1 aromatic rings. The zero-order valence-electron chi connectivity index (χ0n) is 8.59. The van der Waals surface area contributed by atoms with Gasteiger partial charge in [-0.05, 0) is 30.4 Å². The number of hydrogen-bond donors (Lipinski definition) is 1. The first-order chi connectivity index (χ1) is 6.09. The van der Waals surface area contributed by atoms with Crippen molar-refractivity contribution < 1.29 is 0 Å². The van der Waals surface area contributed by atoms with Gasteiger partial charge in [0.15, 0.2) is 0 Å². The van der Waals surface area contributed by atoms with Gasteiger partial charge in [-0.2, -0.15) is 0 Å². The maximum absolute atomic E-state index is 7.45. The number of nitrogens with one attached hydrogen (secondary N) is 1. The Hall–Kier alpha value is -1.11. The van der Waals surface area contributed by atoms with Crippen molar-refractivity contribution in [2.24, 2.45) is 5.92 Å². The van der Waals surface area contributed by atoms with Gasteiger partial charge in [-0.15, -0.1) is 0 Å². The van der Waals surface area contributed by atoms with E-state index in [-0.39, 0.29) is 0 Å². The van der Waals surface area contributed by atoms with Gasteiger partial charge in [-0.1, -0.05) is 38.1 Å². The standard InChI is InChI=1S/C12H17N/c1-9(2)8-11-4-6-12(7-5-11)10(3)13/h4-7,9,13H,8H2,1-3H3. The van der Waals surface area contributed by atoms with Gasteiger partial charge < -0.3 is 5.41 Å². The molecular formula is C12H17N. The highest BCUT2D eigenvalue weighted by Gasteiger charge is 1.98. The van der Waals surface area contributed by atoms with Gasteiger partial charge in [0.25, 0.3) is 0 Å². The molecule has 1 aromatic carbocycles. The van der Waals surface area contributed by atoms with Crippen molar-refractivity contribution in [3.05, 3.63) is 35.4 Å². The summed E-state index contributed by atoms with van der Waals surface area (Å²) >= 11 is 0. The molecule has 0 aromatic heterocycles. The molecule has 0 atom stereocenters. The van der Waals surface area contributed by atoms with Crippen molar-refractivity contribution in [3.63, 3.8) is 0 Å². The molecule has 1 nitrogen and oxygen atoms in total. The molecule has 0 fully saturated rings. The molecule has 0 saturated carbocycles. The second-order valence-corrected chi connectivity index (χ2v) is 3.92. The van der Waals surface area contributed by atoms with Gasteiger partial charge >= 0.3 is 0 Å². The van der Waals surface area contributed by atoms with Crippen LogP contribution < -0.4 is 0 Å². The molecule has 0 aliphatic carbocycles. The van der Waals surface area contributed by atoms with Gasteiger partial charge in [-0.25, -0.2) is 0 Å². The Kier molecular flexibility index (Phi) is 3.24. The minimum atomic E-state index is 0.635. The quantitative estimate of drug-likeness (QED) is 0.682. The first-order valence-corrected chi connectivity index (χ1v) is 4.74. The fourth-order valence-electron chi connectivity index (χ4n) is 1.36. The Bertz CT molecular complexity index is 282. The van der Waals surface area contributed by atoms with Gasteiger partial charge in [0.2, 0.25) is 0 Å². The number of benzene rings is 1. The van der Waals surface area contributed by atoms with Gasteiger partial charge in [0, 0.05) is 5.71 Å². The van der Waals surface area contributed by atoms with Crippen molar-refractivity contribution in [1.82, 2.24) is 0 Å². The minimum Gasteiger partial charge on any atom is -0.305 e. The highest BCUT2D eigenvalue weighted by Crippen LogP contribution is 2.09. The Morgan fingerprint density at radius 1 is 1.23 bits per heavy atom. The van der Waals surface area contributed by atoms with Crippen LogP contribution in [0.5, 0.6) is 0 Å². The number of hydrogen-bond acceptors (Lipinski definition) is 1. The number of rotatable bonds is 3. The third-order valence-corrected chi connectivity index (χ3v) is 2.03. The van der Waals surface area contributed by atoms with Crippen LogP contribution in [0.1, 0.15) is 31.9 Å². The molecule has 0 amide bonds. The Morgan fingerprint density at radius 2 is 1.77 bits per heavy atom. The van der Waals surface area contributed by atoms with Crippen LogP contribution in [-0.2, 0) is 6.42 Å². The van der Waals surface area contributed by atoms with Crippen LogP contribution in [0, 0.1) is 11.3 Å². The summed E-state index contributed by atoms with van der Waals surface area (Å²) in [6, 6.07) is 8.29. The lowest BCUT2D eigenvalue weighted by molar-refractivity contribution is 0.647. The van der Waals surface area contributed by atoms with E-state index >= 15 is 0 Å². The topological polar surface area (TPSA) is 23.9 Å². The minimum absolute atomic E-state index is 0.635. The molecule has 1 heteroatoms. The second kappa shape index (κ2) is 4.22. The maximum atomic E-state index is 7.45. The van der Waals surface area contributed by atoms with E-state index in [0.717, 1.165) is 12.0 Å². The highest BCUT2D eigenvalue weighted by molar-refractivity contribution is 5.96. The first-order valence-electron chi connectivity index (χ1n) is 4.74. The summed E-state index contributed by atoms with van der Waals surface area (Å²) < 4.78 is 0. The summed E-state index contributed by atoms with van der Waals surface area (Å²) in [6.45, 7) is 6.25. The molecule has 0 saturated heterocycles. The summed E-state index contributed by atoms with van der Waals surface area (Å²) in [7, 11) is 0. The van der Waals surface area contributed by atoms with Crippen molar-refractivity contribution in [2.45, 2.75) is 27.2 Å². The fraction of sp³-hybridized carbons (Fsp3) is 0.417. The lowest BCUT2D eigenvalue weighted by atomic mass is 10.0. The lowest BCUT2D eigenvalue weighted by Crippen LogP contribution is -1.96. The summed E-state index contributed by atoms with van der Waals surface area (Å²) in [5.41, 5.74) is 3.02. The Labute approximate surface area is 80.3 Å². The van der Waals surface area contributed by atoms with E-state index in [1.165, 1.54) is 5.56 Å². The van der Waals surface area contributed by atoms with E-state index in [0.29, 0.717) is 11.6 Å².